The Kier molecular flexibility index (Phi) is 6.47. The van der Waals surface area contributed by atoms with E-state index in [0.29, 0.717) is 13.2 Å². The second-order valence-corrected chi connectivity index (χ2v) is 4.61. The van der Waals surface area contributed by atoms with Crippen LogP contribution in [0, 0.1) is 0 Å². The summed E-state index contributed by atoms with van der Waals surface area (Å²) >= 11 is 0. The number of rotatable bonds is 6. The van der Waals surface area contributed by atoms with Crippen molar-refractivity contribution in [1.29, 1.82) is 0 Å². The van der Waals surface area contributed by atoms with Crippen molar-refractivity contribution in [3.8, 4) is 0 Å². The smallest absolute Gasteiger partial charge is 0.249 e. The lowest BCUT2D eigenvalue weighted by Gasteiger charge is -2.24. The van der Waals surface area contributed by atoms with Gasteiger partial charge in [0, 0.05) is 19.2 Å². The first-order chi connectivity index (χ1) is 8.13. The van der Waals surface area contributed by atoms with Crippen LogP contribution in [0.1, 0.15) is 33.1 Å². The van der Waals surface area contributed by atoms with Gasteiger partial charge >= 0.3 is 0 Å². The molecule has 1 fully saturated rings. The van der Waals surface area contributed by atoms with Crippen LogP contribution in [0.25, 0.3) is 0 Å². The minimum absolute atomic E-state index is 0.0144. The molecule has 17 heavy (non-hydrogen) atoms. The Bertz CT molecular complexity index is 230. The molecule has 0 aromatic carbocycles. The van der Waals surface area contributed by atoms with Crippen molar-refractivity contribution in [2.75, 3.05) is 19.8 Å². The Labute approximate surface area is 103 Å². The fraction of sp³-hybridized carbons (Fsp3) is 0.917. The maximum atomic E-state index is 11.7. The molecule has 5 nitrogen and oxygen atoms in total. The van der Waals surface area contributed by atoms with Gasteiger partial charge in [-0.1, -0.05) is 0 Å². The van der Waals surface area contributed by atoms with E-state index in [9.17, 15) is 4.79 Å². The normalized spacial score (nSPS) is 24.1. The molecule has 5 heteroatoms. The quantitative estimate of drug-likeness (QED) is 0.710. The van der Waals surface area contributed by atoms with E-state index in [-0.39, 0.29) is 18.1 Å². The third-order valence-electron chi connectivity index (χ3n) is 2.92. The molecule has 1 saturated heterocycles. The van der Waals surface area contributed by atoms with Gasteiger partial charge in [0.25, 0.3) is 0 Å². The molecule has 0 aliphatic carbocycles. The molecule has 0 aromatic rings. The first-order valence-corrected chi connectivity index (χ1v) is 6.37. The van der Waals surface area contributed by atoms with Crippen molar-refractivity contribution in [3.05, 3.63) is 0 Å². The minimum Gasteiger partial charge on any atom is -0.376 e. The maximum absolute atomic E-state index is 11.7. The summed E-state index contributed by atoms with van der Waals surface area (Å²) in [6, 6.07) is -0.0144. The first kappa shape index (κ1) is 14.4. The molecule has 0 radical (unpaired) electrons. The molecule has 0 saturated carbocycles. The summed E-state index contributed by atoms with van der Waals surface area (Å²) in [4.78, 5) is 11.7. The Balaban J connectivity index is 2.18. The molecular weight excluding hydrogens is 220 g/mol. The van der Waals surface area contributed by atoms with Crippen molar-refractivity contribution in [1.82, 2.24) is 5.32 Å². The lowest BCUT2D eigenvalue weighted by atomic mass is 10.1. The summed E-state index contributed by atoms with van der Waals surface area (Å²) in [7, 11) is 0. The van der Waals surface area contributed by atoms with E-state index in [1.54, 1.807) is 6.92 Å². The van der Waals surface area contributed by atoms with Gasteiger partial charge in [-0.3, -0.25) is 4.79 Å². The zero-order valence-corrected chi connectivity index (χ0v) is 10.8. The highest BCUT2D eigenvalue weighted by Crippen LogP contribution is 2.13. The number of hydrogen-bond acceptors (Lipinski definition) is 4. The van der Waals surface area contributed by atoms with Crippen molar-refractivity contribution in [3.63, 3.8) is 0 Å². The molecule has 1 aliphatic rings. The van der Waals surface area contributed by atoms with Crippen LogP contribution >= 0.6 is 0 Å². The van der Waals surface area contributed by atoms with Crippen LogP contribution in [-0.4, -0.2) is 43.9 Å². The zero-order chi connectivity index (χ0) is 12.7. The van der Waals surface area contributed by atoms with Gasteiger partial charge < -0.3 is 20.5 Å². The van der Waals surface area contributed by atoms with Gasteiger partial charge in [-0.05, 0) is 33.1 Å². The van der Waals surface area contributed by atoms with Gasteiger partial charge in [-0.25, -0.2) is 0 Å². The summed E-state index contributed by atoms with van der Waals surface area (Å²) in [5.41, 5.74) is 5.44. The molecule has 0 spiro atoms. The van der Waals surface area contributed by atoms with Gasteiger partial charge in [-0.15, -0.1) is 0 Å². The Morgan fingerprint density at radius 1 is 1.53 bits per heavy atom. The van der Waals surface area contributed by atoms with Crippen molar-refractivity contribution >= 4 is 5.91 Å². The number of hydrogen-bond donors (Lipinski definition) is 2. The Hall–Kier alpha value is -0.650. The summed E-state index contributed by atoms with van der Waals surface area (Å²) in [5, 5.41) is 2.79. The predicted octanol–water partition coefficient (Wildman–Crippen LogP) is 0.424. The number of nitrogens with two attached hydrogens (primary N) is 1. The third-order valence-corrected chi connectivity index (χ3v) is 2.92. The average molecular weight is 244 g/mol. The Morgan fingerprint density at radius 2 is 2.29 bits per heavy atom. The summed E-state index contributed by atoms with van der Waals surface area (Å²) in [5.74, 6) is -0.112. The molecule has 1 amide bonds. The molecule has 3 N–H and O–H groups in total. The molecule has 3 atom stereocenters. The van der Waals surface area contributed by atoms with E-state index < -0.39 is 6.10 Å². The number of ether oxygens (including phenoxy) is 2. The van der Waals surface area contributed by atoms with Gasteiger partial charge in [0.2, 0.25) is 5.91 Å². The predicted molar refractivity (Wildman–Crippen MR) is 65.7 cm³/mol. The lowest BCUT2D eigenvalue weighted by molar-refractivity contribution is -0.136. The maximum Gasteiger partial charge on any atom is 0.249 e. The van der Waals surface area contributed by atoms with Crippen LogP contribution in [0.15, 0.2) is 0 Å². The fourth-order valence-electron chi connectivity index (χ4n) is 1.69. The van der Waals surface area contributed by atoms with E-state index in [1.165, 1.54) is 6.42 Å². The number of carbonyl (C=O) groups is 1. The van der Waals surface area contributed by atoms with E-state index >= 15 is 0 Å². The number of nitrogens with one attached hydrogen (secondary N) is 1. The van der Waals surface area contributed by atoms with E-state index in [2.05, 4.69) is 5.32 Å². The fourth-order valence-corrected chi connectivity index (χ4v) is 1.69. The first-order valence-electron chi connectivity index (χ1n) is 6.37. The molecule has 1 rings (SSSR count). The second kappa shape index (κ2) is 7.63. The summed E-state index contributed by atoms with van der Waals surface area (Å²) in [6.07, 6.45) is 3.02. The van der Waals surface area contributed by atoms with Crippen molar-refractivity contribution in [2.24, 2.45) is 5.73 Å². The molecule has 1 heterocycles. The SMILES string of the molecule is CC(OCC1CCCCO1)C(=O)N[C@@H](C)CN. The summed E-state index contributed by atoms with van der Waals surface area (Å²) in [6.45, 7) is 5.35. The van der Waals surface area contributed by atoms with Crippen LogP contribution in [-0.2, 0) is 14.3 Å². The highest BCUT2D eigenvalue weighted by Gasteiger charge is 2.19. The number of amides is 1. The van der Waals surface area contributed by atoms with Crippen LogP contribution in [0.4, 0.5) is 0 Å². The highest BCUT2D eigenvalue weighted by atomic mass is 16.5. The Morgan fingerprint density at radius 3 is 2.88 bits per heavy atom. The molecule has 0 aromatic heterocycles. The summed E-state index contributed by atoms with van der Waals surface area (Å²) < 4.78 is 11.0. The molecule has 1 aliphatic heterocycles. The van der Waals surface area contributed by atoms with Gasteiger partial charge in [0.05, 0.1) is 12.7 Å². The van der Waals surface area contributed by atoms with Gasteiger partial charge in [0.1, 0.15) is 6.10 Å². The standard InChI is InChI=1S/C12H24N2O3/c1-9(7-13)14-12(15)10(2)17-8-11-5-3-4-6-16-11/h9-11H,3-8,13H2,1-2H3,(H,14,15)/t9-,10?,11?/m0/s1. The molecule has 0 bridgehead atoms. The van der Waals surface area contributed by atoms with Gasteiger partial charge in [0.15, 0.2) is 0 Å². The van der Waals surface area contributed by atoms with E-state index in [0.717, 1.165) is 19.4 Å². The second-order valence-electron chi connectivity index (χ2n) is 4.61. The minimum atomic E-state index is -0.450. The van der Waals surface area contributed by atoms with Crippen LogP contribution in [0.5, 0.6) is 0 Å². The van der Waals surface area contributed by atoms with Crippen molar-refractivity contribution < 1.29 is 14.3 Å². The van der Waals surface area contributed by atoms with Crippen molar-refractivity contribution in [2.45, 2.75) is 51.4 Å². The molecule has 2 unspecified atom stereocenters. The average Bonchev–Trinajstić information content (AvgIpc) is 2.36. The topological polar surface area (TPSA) is 73.6 Å². The monoisotopic (exact) mass is 244 g/mol. The molecule has 100 valence electrons. The van der Waals surface area contributed by atoms with E-state index in [4.69, 9.17) is 15.2 Å². The van der Waals surface area contributed by atoms with Crippen LogP contribution < -0.4 is 11.1 Å². The van der Waals surface area contributed by atoms with E-state index in [1.807, 2.05) is 6.92 Å². The number of carbonyl (C=O) groups excluding carboxylic acids is 1. The highest BCUT2D eigenvalue weighted by molar-refractivity contribution is 5.80. The zero-order valence-electron chi connectivity index (χ0n) is 10.8. The lowest BCUT2D eigenvalue weighted by Crippen LogP contribution is -2.44. The van der Waals surface area contributed by atoms with Gasteiger partial charge in [-0.2, -0.15) is 0 Å². The van der Waals surface area contributed by atoms with Crippen LogP contribution in [0.2, 0.25) is 0 Å². The van der Waals surface area contributed by atoms with Crippen LogP contribution in [0.3, 0.4) is 0 Å². The third kappa shape index (κ3) is 5.48. The largest absolute Gasteiger partial charge is 0.376 e. The molecular formula is C12H24N2O3.